The second-order valence-electron chi connectivity index (χ2n) is 8.02. The van der Waals surface area contributed by atoms with Crippen LogP contribution in [0.3, 0.4) is 0 Å². The Kier molecular flexibility index (Phi) is 3.97. The lowest BCUT2D eigenvalue weighted by molar-refractivity contribution is 0.0717. The first-order valence-corrected chi connectivity index (χ1v) is 9.84. The minimum Gasteiger partial charge on any atom is -0.350 e. The standard InChI is InChI=1S/C21H22FN5O2/c1-11-7-12(22)8-17-14(11)9-18(23-17)20(28)27-6-5-16-15(10-27)19(25-24-16)21(29)26(2)13-3-4-13/h7-9,13,23H,3-6,10H2,1-2H3,(H,24,25). The molecule has 1 aliphatic heterocycles. The van der Waals surface area contributed by atoms with Gasteiger partial charge in [0.15, 0.2) is 5.69 Å². The lowest BCUT2D eigenvalue weighted by atomic mass is 10.0. The molecule has 2 aromatic heterocycles. The number of nitrogens with zero attached hydrogens (tertiary/aromatic N) is 3. The van der Waals surface area contributed by atoms with Crippen molar-refractivity contribution in [1.82, 2.24) is 25.0 Å². The summed E-state index contributed by atoms with van der Waals surface area (Å²) in [7, 11) is 1.80. The van der Waals surface area contributed by atoms with Crippen molar-refractivity contribution in [2.24, 2.45) is 0 Å². The Morgan fingerprint density at radius 3 is 2.83 bits per heavy atom. The summed E-state index contributed by atoms with van der Waals surface area (Å²) in [6.07, 6.45) is 2.67. The number of fused-ring (bicyclic) bond motifs is 2. The summed E-state index contributed by atoms with van der Waals surface area (Å²) in [5.41, 5.74) is 3.91. The summed E-state index contributed by atoms with van der Waals surface area (Å²) in [4.78, 5) is 32.4. The fraction of sp³-hybridized carbons (Fsp3) is 0.381. The number of aromatic nitrogens is 3. The van der Waals surface area contributed by atoms with Crippen LogP contribution in [-0.2, 0) is 13.0 Å². The van der Waals surface area contributed by atoms with E-state index >= 15 is 0 Å². The monoisotopic (exact) mass is 395 g/mol. The maximum atomic E-state index is 13.7. The molecule has 150 valence electrons. The normalized spacial score (nSPS) is 16.2. The van der Waals surface area contributed by atoms with Gasteiger partial charge in [0.05, 0.1) is 6.54 Å². The van der Waals surface area contributed by atoms with Crippen LogP contribution in [0.25, 0.3) is 10.9 Å². The van der Waals surface area contributed by atoms with E-state index in [9.17, 15) is 14.0 Å². The molecule has 2 N–H and O–H groups in total. The predicted molar refractivity (Wildman–Crippen MR) is 105 cm³/mol. The van der Waals surface area contributed by atoms with Crippen LogP contribution < -0.4 is 0 Å². The molecular weight excluding hydrogens is 373 g/mol. The van der Waals surface area contributed by atoms with Crippen LogP contribution in [0.4, 0.5) is 4.39 Å². The summed E-state index contributed by atoms with van der Waals surface area (Å²) >= 11 is 0. The van der Waals surface area contributed by atoms with Crippen LogP contribution in [0.5, 0.6) is 0 Å². The van der Waals surface area contributed by atoms with Gasteiger partial charge in [0.1, 0.15) is 11.5 Å². The van der Waals surface area contributed by atoms with E-state index in [1.807, 2.05) is 6.92 Å². The summed E-state index contributed by atoms with van der Waals surface area (Å²) in [5, 5.41) is 8.05. The molecule has 0 saturated heterocycles. The Labute approximate surface area is 166 Å². The first-order chi connectivity index (χ1) is 13.9. The fourth-order valence-corrected chi connectivity index (χ4v) is 4.10. The Hall–Kier alpha value is -3.16. The zero-order chi connectivity index (χ0) is 20.3. The average molecular weight is 395 g/mol. The van der Waals surface area contributed by atoms with Crippen molar-refractivity contribution in [2.75, 3.05) is 13.6 Å². The number of nitrogens with one attached hydrogen (secondary N) is 2. The number of benzene rings is 1. The molecule has 29 heavy (non-hydrogen) atoms. The highest BCUT2D eigenvalue weighted by atomic mass is 19.1. The molecule has 0 bridgehead atoms. The zero-order valence-corrected chi connectivity index (χ0v) is 16.4. The minimum atomic E-state index is -0.334. The largest absolute Gasteiger partial charge is 0.350 e. The number of halogens is 1. The van der Waals surface area contributed by atoms with Crippen LogP contribution >= 0.6 is 0 Å². The summed E-state index contributed by atoms with van der Waals surface area (Å²) in [5.74, 6) is -0.599. The molecule has 2 amide bonds. The fourth-order valence-electron chi connectivity index (χ4n) is 4.10. The smallest absolute Gasteiger partial charge is 0.274 e. The third-order valence-corrected chi connectivity index (χ3v) is 5.98. The Bertz CT molecular complexity index is 1140. The highest BCUT2D eigenvalue weighted by Crippen LogP contribution is 2.29. The number of hydrogen-bond donors (Lipinski definition) is 2. The second kappa shape index (κ2) is 6.43. The van der Waals surface area contributed by atoms with E-state index in [1.54, 1.807) is 22.9 Å². The molecular formula is C21H22FN5O2. The molecule has 5 rings (SSSR count). The Morgan fingerprint density at radius 2 is 2.07 bits per heavy atom. The van der Waals surface area contributed by atoms with E-state index in [2.05, 4.69) is 15.2 Å². The quantitative estimate of drug-likeness (QED) is 0.715. The molecule has 2 aliphatic rings. The molecule has 7 nitrogen and oxygen atoms in total. The minimum absolute atomic E-state index is 0.101. The second-order valence-corrected chi connectivity index (χ2v) is 8.02. The topological polar surface area (TPSA) is 85.1 Å². The van der Waals surface area contributed by atoms with Gasteiger partial charge in [0, 0.05) is 48.2 Å². The van der Waals surface area contributed by atoms with E-state index in [-0.39, 0.29) is 17.6 Å². The molecule has 0 spiro atoms. The molecule has 1 aromatic carbocycles. The van der Waals surface area contributed by atoms with Gasteiger partial charge < -0.3 is 14.8 Å². The van der Waals surface area contributed by atoms with Crippen LogP contribution in [0.15, 0.2) is 18.2 Å². The molecule has 1 fully saturated rings. The van der Waals surface area contributed by atoms with E-state index < -0.39 is 0 Å². The molecule has 0 atom stereocenters. The van der Waals surface area contributed by atoms with Crippen molar-refractivity contribution < 1.29 is 14.0 Å². The Balaban J connectivity index is 1.42. The maximum absolute atomic E-state index is 13.7. The molecule has 3 heterocycles. The molecule has 0 unspecified atom stereocenters. The van der Waals surface area contributed by atoms with Crippen molar-refractivity contribution in [3.63, 3.8) is 0 Å². The maximum Gasteiger partial charge on any atom is 0.274 e. The van der Waals surface area contributed by atoms with Gasteiger partial charge in [-0.2, -0.15) is 5.10 Å². The predicted octanol–water partition coefficient (Wildman–Crippen LogP) is 2.77. The van der Waals surface area contributed by atoms with Crippen LogP contribution in [0.2, 0.25) is 0 Å². The van der Waals surface area contributed by atoms with Gasteiger partial charge in [0.2, 0.25) is 0 Å². The van der Waals surface area contributed by atoms with Gasteiger partial charge in [-0.1, -0.05) is 0 Å². The lowest BCUT2D eigenvalue weighted by Gasteiger charge is -2.27. The van der Waals surface area contributed by atoms with Crippen molar-refractivity contribution in [1.29, 1.82) is 0 Å². The number of H-pyrrole nitrogens is 2. The molecule has 3 aromatic rings. The number of amides is 2. The number of aryl methyl sites for hydroxylation is 1. The number of aromatic amines is 2. The molecule has 1 aliphatic carbocycles. The highest BCUT2D eigenvalue weighted by molar-refractivity contribution is 5.99. The number of hydrogen-bond acceptors (Lipinski definition) is 3. The van der Waals surface area contributed by atoms with Crippen molar-refractivity contribution in [2.45, 2.75) is 38.8 Å². The van der Waals surface area contributed by atoms with E-state index in [0.717, 1.165) is 35.0 Å². The van der Waals surface area contributed by atoms with E-state index in [4.69, 9.17) is 0 Å². The van der Waals surface area contributed by atoms with Crippen LogP contribution in [0, 0.1) is 12.7 Å². The van der Waals surface area contributed by atoms with Crippen LogP contribution in [-0.4, -0.2) is 56.4 Å². The molecule has 1 saturated carbocycles. The number of rotatable bonds is 3. The van der Waals surface area contributed by atoms with Gasteiger partial charge in [-0.3, -0.25) is 14.7 Å². The number of carbonyl (C=O) groups excluding carboxylic acids is 2. The molecule has 8 heteroatoms. The highest BCUT2D eigenvalue weighted by Gasteiger charge is 2.34. The van der Waals surface area contributed by atoms with Crippen LogP contribution in [0.1, 0.15) is 50.6 Å². The first-order valence-electron chi connectivity index (χ1n) is 9.84. The summed E-state index contributed by atoms with van der Waals surface area (Å²) in [6.45, 7) is 2.68. The van der Waals surface area contributed by atoms with Gasteiger partial charge in [-0.15, -0.1) is 0 Å². The summed E-state index contributed by atoms with van der Waals surface area (Å²) in [6, 6.07) is 4.92. The molecule has 0 radical (unpaired) electrons. The first kappa shape index (κ1) is 17.9. The Morgan fingerprint density at radius 1 is 1.28 bits per heavy atom. The van der Waals surface area contributed by atoms with Crippen molar-refractivity contribution in [3.8, 4) is 0 Å². The van der Waals surface area contributed by atoms with Crippen molar-refractivity contribution >= 4 is 22.7 Å². The van der Waals surface area contributed by atoms with E-state index in [0.29, 0.717) is 42.5 Å². The van der Waals surface area contributed by atoms with Gasteiger partial charge >= 0.3 is 0 Å². The number of carbonyl (C=O) groups is 2. The van der Waals surface area contributed by atoms with Gasteiger partial charge in [-0.05, 0) is 43.5 Å². The summed E-state index contributed by atoms with van der Waals surface area (Å²) < 4.78 is 13.7. The zero-order valence-electron chi connectivity index (χ0n) is 16.4. The average Bonchev–Trinajstić information content (AvgIpc) is 3.32. The third kappa shape index (κ3) is 2.99. The SMILES string of the molecule is Cc1cc(F)cc2[nH]c(C(=O)N3CCc4[nH]nc(C(=O)N(C)C5CC5)c4C3)cc12. The van der Waals surface area contributed by atoms with E-state index in [1.165, 1.54) is 12.1 Å². The lowest BCUT2D eigenvalue weighted by Crippen LogP contribution is -2.37. The van der Waals surface area contributed by atoms with Crippen molar-refractivity contribution in [3.05, 3.63) is 52.2 Å². The van der Waals surface area contributed by atoms with Gasteiger partial charge in [-0.25, -0.2) is 4.39 Å². The van der Waals surface area contributed by atoms with Gasteiger partial charge in [0.25, 0.3) is 11.8 Å². The third-order valence-electron chi connectivity index (χ3n) is 5.98.